The van der Waals surface area contributed by atoms with Crippen LogP contribution in [0.1, 0.15) is 61.8 Å². The number of esters is 2. The Morgan fingerprint density at radius 2 is 0.774 bits per heavy atom. The molecule has 0 saturated heterocycles. The maximum absolute atomic E-state index is 11.5. The van der Waals surface area contributed by atoms with Gasteiger partial charge in [0, 0.05) is 12.2 Å². The Bertz CT molecular complexity index is 2770. The Balaban J connectivity index is 1.35. The van der Waals surface area contributed by atoms with E-state index >= 15 is 0 Å². The molecule has 7 aromatic rings. The van der Waals surface area contributed by atoms with Crippen LogP contribution < -0.4 is 0 Å². The number of hydrogen-bond donors (Lipinski definition) is 0. The van der Waals surface area contributed by atoms with Crippen LogP contribution in [0.25, 0.3) is 77.2 Å². The summed E-state index contributed by atoms with van der Waals surface area (Å²) in [7, 11) is 0. The van der Waals surface area contributed by atoms with Crippen LogP contribution in [0, 0.1) is 0 Å². The number of fused-ring (bicyclic) bond motifs is 3. The zero-order chi connectivity index (χ0) is 43.6. The predicted molar refractivity (Wildman–Crippen MR) is 261 cm³/mol. The summed E-state index contributed by atoms with van der Waals surface area (Å²) in [6.45, 7) is 20.2. The summed E-state index contributed by atoms with van der Waals surface area (Å²) in [6, 6.07) is 49.1. The van der Waals surface area contributed by atoms with E-state index in [-0.39, 0.29) is 11.9 Å². The van der Waals surface area contributed by atoms with Gasteiger partial charge in [0.2, 0.25) is 0 Å². The first-order chi connectivity index (χ1) is 30.1. The van der Waals surface area contributed by atoms with Crippen LogP contribution in [0.2, 0.25) is 0 Å². The number of rotatable bonds is 18. The molecule has 0 spiro atoms. The molecule has 0 fully saturated rings. The summed E-state index contributed by atoms with van der Waals surface area (Å²) in [5.74, 6) is -0.759. The van der Waals surface area contributed by atoms with Gasteiger partial charge in [0.25, 0.3) is 0 Å². The Kier molecular flexibility index (Phi) is 13.9. The zero-order valence-electron chi connectivity index (χ0n) is 36.0. The lowest BCUT2D eigenvalue weighted by atomic mass is 9.82. The molecular weight excluding hydrogens is 761 g/mol. The van der Waals surface area contributed by atoms with Crippen molar-refractivity contribution < 1.29 is 19.1 Å². The first-order valence-electron chi connectivity index (χ1n) is 21.5. The maximum atomic E-state index is 11.5. The second-order valence-corrected chi connectivity index (χ2v) is 16.0. The Morgan fingerprint density at radius 3 is 1.15 bits per heavy atom. The van der Waals surface area contributed by atoms with E-state index in [1.807, 2.05) is 13.8 Å². The van der Waals surface area contributed by atoms with Crippen molar-refractivity contribution in [1.29, 1.82) is 0 Å². The number of allylic oxidation sites excluding steroid dienone is 2. The summed E-state index contributed by atoms with van der Waals surface area (Å²) >= 11 is 0. The van der Waals surface area contributed by atoms with E-state index < -0.39 is 0 Å². The Labute approximate surface area is 366 Å². The highest BCUT2D eigenvalue weighted by Gasteiger charge is 2.20. The first-order valence-corrected chi connectivity index (χ1v) is 21.5. The molecule has 0 N–H and O–H groups in total. The lowest BCUT2D eigenvalue weighted by Gasteiger charge is -2.21. The summed E-state index contributed by atoms with van der Waals surface area (Å²) in [6.07, 6.45) is 7.63. The zero-order valence-corrected chi connectivity index (χ0v) is 36.0. The number of carbonyl (C=O) groups excluding carboxylic acids is 2. The van der Waals surface area contributed by atoms with E-state index in [1.54, 1.807) is 0 Å². The smallest absolute Gasteiger partial charge is 0.330 e. The fraction of sp³-hybridized carbons (Fsp3) is 0.172. The summed E-state index contributed by atoms with van der Waals surface area (Å²) in [4.78, 5) is 22.9. The lowest BCUT2D eigenvalue weighted by Crippen LogP contribution is -2.02. The average Bonchev–Trinajstić information content (AvgIpc) is 3.30. The molecule has 0 radical (unpaired) electrons. The second kappa shape index (κ2) is 20.0. The van der Waals surface area contributed by atoms with Gasteiger partial charge < -0.3 is 9.47 Å². The van der Waals surface area contributed by atoms with Crippen molar-refractivity contribution in [2.75, 3.05) is 13.2 Å². The fourth-order valence-corrected chi connectivity index (χ4v) is 8.10. The molecule has 0 aliphatic carbocycles. The van der Waals surface area contributed by atoms with Crippen molar-refractivity contribution in [2.45, 2.75) is 52.4 Å². The quantitative estimate of drug-likeness (QED) is 0.0375. The molecule has 0 saturated carbocycles. The minimum absolute atomic E-state index is 0.377. The van der Waals surface area contributed by atoms with E-state index in [9.17, 15) is 9.59 Å². The highest BCUT2D eigenvalue weighted by molar-refractivity contribution is 6.22. The third kappa shape index (κ3) is 10.1. The van der Waals surface area contributed by atoms with Gasteiger partial charge >= 0.3 is 11.9 Å². The number of aryl methyl sites for hydroxylation is 2. The summed E-state index contributed by atoms with van der Waals surface area (Å²) in [5, 5.41) is 4.76. The van der Waals surface area contributed by atoms with Gasteiger partial charge in [0.05, 0.1) is 13.2 Å². The van der Waals surface area contributed by atoms with Gasteiger partial charge in [-0.05, 0) is 153 Å². The molecule has 0 unspecified atom stereocenters. The van der Waals surface area contributed by atoms with Gasteiger partial charge in [0.15, 0.2) is 0 Å². The molecule has 4 heteroatoms. The van der Waals surface area contributed by atoms with Gasteiger partial charge in [-0.3, -0.25) is 0 Å². The average molecular weight is 815 g/mol. The molecule has 7 aromatic carbocycles. The molecular formula is C58H54O4. The van der Waals surface area contributed by atoms with Crippen molar-refractivity contribution in [3.05, 3.63) is 194 Å². The van der Waals surface area contributed by atoms with Crippen LogP contribution >= 0.6 is 0 Å². The number of benzene rings is 7. The van der Waals surface area contributed by atoms with Crippen LogP contribution in [0.15, 0.2) is 172 Å². The SMILES string of the molecule is C=CC(=O)OCCCCc1ccc(-c2ccc3c(c2)c(-c2ccc(CCCCOC(=O)C=C)cc2)c(-c2ccc(C(=C)C)cc2)c2cc(-c4ccc(C(=C)C)cc4)ccc23)cc1. The number of carbonyl (C=O) groups is 2. The normalized spacial score (nSPS) is 11.0. The largest absolute Gasteiger partial charge is 0.463 e. The lowest BCUT2D eigenvalue weighted by molar-refractivity contribution is -0.138. The second-order valence-electron chi connectivity index (χ2n) is 16.0. The molecule has 0 aliphatic rings. The maximum Gasteiger partial charge on any atom is 0.330 e. The van der Waals surface area contributed by atoms with Crippen molar-refractivity contribution in [1.82, 2.24) is 0 Å². The van der Waals surface area contributed by atoms with Crippen LogP contribution in [0.5, 0.6) is 0 Å². The predicted octanol–water partition coefficient (Wildman–Crippen LogP) is 14.8. The van der Waals surface area contributed by atoms with Crippen molar-refractivity contribution in [2.24, 2.45) is 0 Å². The Morgan fingerprint density at radius 1 is 0.435 bits per heavy atom. The molecule has 0 amide bonds. The molecule has 62 heavy (non-hydrogen) atoms. The van der Waals surface area contributed by atoms with Crippen LogP contribution in [-0.2, 0) is 31.9 Å². The molecule has 310 valence electrons. The van der Waals surface area contributed by atoms with Gasteiger partial charge in [0.1, 0.15) is 0 Å². The van der Waals surface area contributed by atoms with Crippen LogP contribution in [-0.4, -0.2) is 25.2 Å². The van der Waals surface area contributed by atoms with Crippen molar-refractivity contribution in [3.8, 4) is 44.5 Å². The fourth-order valence-electron chi connectivity index (χ4n) is 8.10. The van der Waals surface area contributed by atoms with Gasteiger partial charge in [-0.1, -0.05) is 159 Å². The molecule has 0 aliphatic heterocycles. The van der Waals surface area contributed by atoms with Crippen molar-refractivity contribution in [3.63, 3.8) is 0 Å². The van der Waals surface area contributed by atoms with Gasteiger partial charge in [-0.15, -0.1) is 0 Å². The highest BCUT2D eigenvalue weighted by Crippen LogP contribution is 2.47. The van der Waals surface area contributed by atoms with Crippen LogP contribution in [0.3, 0.4) is 0 Å². The van der Waals surface area contributed by atoms with E-state index in [0.29, 0.717) is 13.2 Å². The standard InChI is InChI=1S/C58H54O4/c1-7-55(59)61-35-11-9-13-41-15-19-45(20-16-41)49-31-33-51-52-34-32-50(46-27-23-43(24-28-46)39(3)4)38-54(52)58(48-29-25-44(26-30-48)40(5)6)57(53(51)37-49)47-21-17-42(18-22-47)14-10-12-36-62-56(60)8-2/h7-8,15-34,37-38H,1-3,5,9-14,35-36H2,4,6H3. The molecule has 0 aromatic heterocycles. The molecule has 0 heterocycles. The van der Waals surface area contributed by atoms with E-state index in [4.69, 9.17) is 9.47 Å². The minimum atomic E-state index is -0.382. The molecule has 7 rings (SSSR count). The molecule has 4 nitrogen and oxygen atoms in total. The molecule has 0 bridgehead atoms. The van der Waals surface area contributed by atoms with Crippen molar-refractivity contribution >= 4 is 44.6 Å². The minimum Gasteiger partial charge on any atom is -0.463 e. The summed E-state index contributed by atoms with van der Waals surface area (Å²) in [5.41, 5.74) is 16.1. The van der Waals surface area contributed by atoms with Crippen LogP contribution in [0.4, 0.5) is 0 Å². The Hall–Kier alpha value is -7.04. The number of hydrogen-bond acceptors (Lipinski definition) is 4. The number of ether oxygens (including phenoxy) is 2. The number of unbranched alkanes of at least 4 members (excludes halogenated alkanes) is 2. The third-order valence-electron chi connectivity index (χ3n) is 11.6. The molecule has 0 atom stereocenters. The highest BCUT2D eigenvalue weighted by atomic mass is 16.5. The van der Waals surface area contributed by atoms with E-state index in [0.717, 1.165) is 94.2 Å². The third-order valence-corrected chi connectivity index (χ3v) is 11.6. The van der Waals surface area contributed by atoms with E-state index in [1.165, 1.54) is 56.0 Å². The first kappa shape index (κ1) is 43.1. The monoisotopic (exact) mass is 814 g/mol. The topological polar surface area (TPSA) is 52.6 Å². The van der Waals surface area contributed by atoms with Gasteiger partial charge in [-0.2, -0.15) is 0 Å². The summed E-state index contributed by atoms with van der Waals surface area (Å²) < 4.78 is 10.4. The van der Waals surface area contributed by atoms with E-state index in [2.05, 4.69) is 160 Å². The van der Waals surface area contributed by atoms with Gasteiger partial charge in [-0.25, -0.2) is 9.59 Å².